The Morgan fingerprint density at radius 1 is 1.15 bits per heavy atom. The Hall–Kier alpha value is -1.43. The fourth-order valence-corrected chi connectivity index (χ4v) is 5.27. The molecule has 3 aliphatic rings. The number of ether oxygens (including phenoxy) is 1. The highest BCUT2D eigenvalue weighted by atomic mass is 16.5. The second-order valence-corrected chi connectivity index (χ2v) is 8.20. The standard InChI is InChI=1S/C21H31N3O2/c1-16-3-2-12-24(16,20-8-11-22-15-20)19-6-4-17(5-7-19)21(25)23-18-9-13-26-14-10-18/h4-7,16,18,20,22H,2-3,8-15H2,1H3/p+1/t16-,20-,24?/m0/s1. The maximum atomic E-state index is 12.6. The molecule has 0 saturated carbocycles. The maximum Gasteiger partial charge on any atom is 0.251 e. The summed E-state index contributed by atoms with van der Waals surface area (Å²) in [6, 6.07) is 10.0. The van der Waals surface area contributed by atoms with E-state index in [9.17, 15) is 4.79 Å². The molecule has 1 aromatic carbocycles. The average Bonchev–Trinajstić information content (AvgIpc) is 3.33. The zero-order valence-corrected chi connectivity index (χ0v) is 15.9. The van der Waals surface area contributed by atoms with Crippen LogP contribution >= 0.6 is 0 Å². The van der Waals surface area contributed by atoms with Gasteiger partial charge in [-0.15, -0.1) is 0 Å². The summed E-state index contributed by atoms with van der Waals surface area (Å²) >= 11 is 0. The number of carbonyl (C=O) groups is 1. The third kappa shape index (κ3) is 3.28. The summed E-state index contributed by atoms with van der Waals surface area (Å²) in [6.07, 6.45) is 5.66. The molecule has 3 aliphatic heterocycles. The number of likely N-dealkylation sites (tertiary alicyclic amines) is 1. The summed E-state index contributed by atoms with van der Waals surface area (Å²) in [7, 11) is 0. The van der Waals surface area contributed by atoms with Gasteiger partial charge in [0.15, 0.2) is 0 Å². The van der Waals surface area contributed by atoms with E-state index in [4.69, 9.17) is 4.74 Å². The first-order valence-corrected chi connectivity index (χ1v) is 10.3. The van der Waals surface area contributed by atoms with E-state index in [1.807, 2.05) is 12.1 Å². The summed E-state index contributed by atoms with van der Waals surface area (Å²) in [4.78, 5) is 12.6. The molecule has 5 heteroatoms. The van der Waals surface area contributed by atoms with Crippen molar-refractivity contribution in [2.75, 3.05) is 32.8 Å². The molecule has 3 fully saturated rings. The van der Waals surface area contributed by atoms with E-state index in [-0.39, 0.29) is 11.9 Å². The Morgan fingerprint density at radius 3 is 2.54 bits per heavy atom. The molecule has 0 aliphatic carbocycles. The number of nitrogens with one attached hydrogen (secondary N) is 2. The Morgan fingerprint density at radius 2 is 1.92 bits per heavy atom. The monoisotopic (exact) mass is 358 g/mol. The molecule has 0 bridgehead atoms. The molecule has 0 spiro atoms. The zero-order chi connectivity index (χ0) is 18.0. The van der Waals surface area contributed by atoms with Crippen LogP contribution in [0.15, 0.2) is 24.3 Å². The predicted molar refractivity (Wildman–Crippen MR) is 104 cm³/mol. The molecule has 3 atom stereocenters. The van der Waals surface area contributed by atoms with Crippen LogP contribution in [0.2, 0.25) is 0 Å². The van der Waals surface area contributed by atoms with Gasteiger partial charge in [-0.25, -0.2) is 0 Å². The molecule has 2 N–H and O–H groups in total. The van der Waals surface area contributed by atoms with Crippen molar-refractivity contribution >= 4 is 11.6 Å². The lowest BCUT2D eigenvalue weighted by Crippen LogP contribution is -2.59. The van der Waals surface area contributed by atoms with Crippen LogP contribution in [0.3, 0.4) is 0 Å². The number of carbonyl (C=O) groups excluding carboxylic acids is 1. The van der Waals surface area contributed by atoms with Gasteiger partial charge in [0.05, 0.1) is 12.6 Å². The smallest absolute Gasteiger partial charge is 0.251 e. The first kappa shape index (κ1) is 18.0. The highest BCUT2D eigenvalue weighted by Gasteiger charge is 2.47. The molecule has 1 aromatic rings. The Bertz CT molecular complexity index is 621. The van der Waals surface area contributed by atoms with Crippen molar-refractivity contribution in [2.24, 2.45) is 0 Å². The van der Waals surface area contributed by atoms with Crippen LogP contribution in [0.1, 0.15) is 49.4 Å². The fourth-order valence-electron chi connectivity index (χ4n) is 5.27. The molecule has 5 nitrogen and oxygen atoms in total. The number of nitrogens with zero attached hydrogens (tertiary/aromatic N) is 1. The lowest BCUT2D eigenvalue weighted by molar-refractivity contribution is 0.0696. The third-order valence-electron chi connectivity index (χ3n) is 6.79. The quantitative estimate of drug-likeness (QED) is 0.813. The van der Waals surface area contributed by atoms with E-state index >= 15 is 0 Å². The Kier molecular flexibility index (Phi) is 5.30. The first-order chi connectivity index (χ1) is 12.7. The first-order valence-electron chi connectivity index (χ1n) is 10.3. The number of rotatable bonds is 4. The van der Waals surface area contributed by atoms with Gasteiger partial charge in [-0.2, -0.15) is 0 Å². The molecule has 3 saturated heterocycles. The van der Waals surface area contributed by atoms with Crippen LogP contribution in [-0.2, 0) is 4.74 Å². The molecule has 3 heterocycles. The predicted octanol–water partition coefficient (Wildman–Crippen LogP) is 2.45. The third-order valence-corrected chi connectivity index (χ3v) is 6.79. The second-order valence-electron chi connectivity index (χ2n) is 8.20. The van der Waals surface area contributed by atoms with E-state index in [1.165, 1.54) is 31.5 Å². The summed E-state index contributed by atoms with van der Waals surface area (Å²) < 4.78 is 6.46. The minimum Gasteiger partial charge on any atom is -0.381 e. The number of benzene rings is 1. The van der Waals surface area contributed by atoms with E-state index in [0.29, 0.717) is 12.1 Å². The lowest BCUT2D eigenvalue weighted by Gasteiger charge is -2.43. The van der Waals surface area contributed by atoms with Crippen molar-refractivity contribution in [1.82, 2.24) is 15.1 Å². The number of hydrogen-bond acceptors (Lipinski definition) is 3. The average molecular weight is 359 g/mol. The van der Waals surface area contributed by atoms with E-state index in [1.54, 1.807) is 0 Å². The minimum absolute atomic E-state index is 0.0482. The van der Waals surface area contributed by atoms with Gasteiger partial charge in [0.25, 0.3) is 5.91 Å². The number of quaternary nitrogens is 1. The van der Waals surface area contributed by atoms with Gasteiger partial charge in [-0.3, -0.25) is 9.28 Å². The van der Waals surface area contributed by atoms with Gasteiger partial charge in [-0.1, -0.05) is 0 Å². The van der Waals surface area contributed by atoms with Crippen molar-refractivity contribution in [2.45, 2.75) is 57.2 Å². The molecule has 1 amide bonds. The summed E-state index contributed by atoms with van der Waals surface area (Å²) in [5.41, 5.74) is 2.15. The van der Waals surface area contributed by atoms with Crippen LogP contribution in [0.5, 0.6) is 0 Å². The molecule has 0 aromatic heterocycles. The number of hydrogen-bond donors (Lipinski definition) is 2. The van der Waals surface area contributed by atoms with E-state index in [2.05, 4.69) is 29.7 Å². The fraction of sp³-hybridized carbons (Fsp3) is 0.667. The van der Waals surface area contributed by atoms with Gasteiger partial charge in [0.1, 0.15) is 11.7 Å². The summed E-state index contributed by atoms with van der Waals surface area (Å²) in [6.45, 7) is 7.35. The van der Waals surface area contributed by atoms with Gasteiger partial charge < -0.3 is 15.4 Å². The summed E-state index contributed by atoms with van der Waals surface area (Å²) in [5.74, 6) is 0.0482. The molecule has 26 heavy (non-hydrogen) atoms. The van der Waals surface area contributed by atoms with Crippen molar-refractivity contribution in [3.05, 3.63) is 29.8 Å². The molecule has 1 unspecified atom stereocenters. The van der Waals surface area contributed by atoms with E-state index < -0.39 is 0 Å². The molecule has 142 valence electrons. The van der Waals surface area contributed by atoms with Crippen LogP contribution in [-0.4, -0.2) is 56.9 Å². The lowest BCUT2D eigenvalue weighted by atomic mass is 10.0. The maximum absolute atomic E-state index is 12.6. The van der Waals surface area contributed by atoms with E-state index in [0.717, 1.165) is 49.2 Å². The second kappa shape index (κ2) is 7.67. The SMILES string of the molecule is C[C@H]1CCC[N+]1(c1ccc(C(=O)NC2CCOCC2)cc1)[C@H]1CCNC1. The van der Waals surface area contributed by atoms with Gasteiger partial charge in [0, 0.05) is 57.2 Å². The summed E-state index contributed by atoms with van der Waals surface area (Å²) in [5, 5.41) is 6.71. The molecular formula is C21H32N3O2+. The molecule has 0 radical (unpaired) electrons. The van der Waals surface area contributed by atoms with Crippen molar-refractivity contribution in [3.8, 4) is 0 Å². The van der Waals surface area contributed by atoms with Gasteiger partial charge in [0.2, 0.25) is 0 Å². The Labute approximate surface area is 156 Å². The number of amides is 1. The highest BCUT2D eigenvalue weighted by Crippen LogP contribution is 2.39. The molecule has 4 rings (SSSR count). The van der Waals surface area contributed by atoms with Crippen LogP contribution in [0, 0.1) is 0 Å². The molecular weight excluding hydrogens is 326 g/mol. The van der Waals surface area contributed by atoms with Gasteiger partial charge in [-0.05, 0) is 44.0 Å². The zero-order valence-electron chi connectivity index (χ0n) is 15.9. The minimum atomic E-state index is 0.0482. The van der Waals surface area contributed by atoms with Gasteiger partial charge >= 0.3 is 0 Å². The largest absolute Gasteiger partial charge is 0.381 e. The van der Waals surface area contributed by atoms with Crippen molar-refractivity contribution in [1.29, 1.82) is 0 Å². The normalized spacial score (nSPS) is 32.7. The van der Waals surface area contributed by atoms with Crippen LogP contribution in [0.4, 0.5) is 5.69 Å². The van der Waals surface area contributed by atoms with Crippen LogP contribution < -0.4 is 15.1 Å². The Balaban J connectivity index is 1.51. The van der Waals surface area contributed by atoms with Crippen LogP contribution in [0.25, 0.3) is 0 Å². The topological polar surface area (TPSA) is 50.4 Å². The highest BCUT2D eigenvalue weighted by molar-refractivity contribution is 5.94. The van der Waals surface area contributed by atoms with Crippen molar-refractivity contribution in [3.63, 3.8) is 0 Å². The van der Waals surface area contributed by atoms with Crippen molar-refractivity contribution < 1.29 is 9.53 Å².